The molecule has 2 nitrogen and oxygen atoms in total. The van der Waals surface area contributed by atoms with Gasteiger partial charge in [-0.3, -0.25) is 0 Å². The molecule has 1 atom stereocenters. The van der Waals surface area contributed by atoms with Crippen LogP contribution in [0.4, 0.5) is 0 Å². The lowest BCUT2D eigenvalue weighted by Gasteiger charge is -2.27. The van der Waals surface area contributed by atoms with E-state index < -0.39 is 0 Å². The van der Waals surface area contributed by atoms with E-state index in [0.29, 0.717) is 11.5 Å². The monoisotopic (exact) mass is 214 g/mol. The maximum Gasteiger partial charge on any atom is 0.0991 e. The van der Waals surface area contributed by atoms with Crippen molar-refractivity contribution >= 4 is 0 Å². The van der Waals surface area contributed by atoms with Gasteiger partial charge in [0.05, 0.1) is 11.6 Å². The van der Waals surface area contributed by atoms with Crippen LogP contribution in [-0.2, 0) is 0 Å². The van der Waals surface area contributed by atoms with Crippen LogP contribution in [0.2, 0.25) is 0 Å². The molecule has 2 rings (SSSR count). The number of nitrogens with two attached hydrogens (primary N) is 1. The van der Waals surface area contributed by atoms with E-state index >= 15 is 0 Å². The predicted octanol–water partition coefficient (Wildman–Crippen LogP) is 3.14. The fraction of sp³-hybridized carbons (Fsp3) is 0.500. The summed E-state index contributed by atoms with van der Waals surface area (Å²) in [6.45, 7) is 0. The van der Waals surface area contributed by atoms with Crippen molar-refractivity contribution < 1.29 is 0 Å². The minimum absolute atomic E-state index is 0.105. The molecular weight excluding hydrogens is 196 g/mol. The Bertz CT molecular complexity index is 386. The van der Waals surface area contributed by atoms with Crippen molar-refractivity contribution in [1.82, 2.24) is 0 Å². The van der Waals surface area contributed by atoms with Crippen molar-refractivity contribution in [2.24, 2.45) is 11.7 Å². The summed E-state index contributed by atoms with van der Waals surface area (Å²) in [5.74, 6) is 0.600. The summed E-state index contributed by atoms with van der Waals surface area (Å²) < 4.78 is 0. The third-order valence-corrected chi connectivity index (χ3v) is 3.56. The van der Waals surface area contributed by atoms with Crippen LogP contribution in [-0.4, -0.2) is 0 Å². The molecule has 1 aliphatic carbocycles. The van der Waals surface area contributed by atoms with Crippen molar-refractivity contribution in [2.45, 2.75) is 38.1 Å². The summed E-state index contributed by atoms with van der Waals surface area (Å²) in [6.07, 6.45) is 6.42. The summed E-state index contributed by atoms with van der Waals surface area (Å²) in [7, 11) is 0. The van der Waals surface area contributed by atoms with Gasteiger partial charge >= 0.3 is 0 Å². The molecule has 1 fully saturated rings. The van der Waals surface area contributed by atoms with Crippen molar-refractivity contribution in [3.8, 4) is 6.07 Å². The molecule has 2 heteroatoms. The first-order chi connectivity index (χ1) is 7.81. The lowest BCUT2D eigenvalue weighted by molar-refractivity contribution is 0.308. The van der Waals surface area contributed by atoms with E-state index in [2.05, 4.69) is 6.07 Å². The van der Waals surface area contributed by atoms with Gasteiger partial charge in [-0.05, 0) is 36.5 Å². The lowest BCUT2D eigenvalue weighted by atomic mass is 9.81. The molecule has 0 saturated heterocycles. The molecule has 84 valence electrons. The molecule has 0 bridgehead atoms. The van der Waals surface area contributed by atoms with Gasteiger partial charge in [-0.15, -0.1) is 0 Å². The van der Waals surface area contributed by atoms with Crippen molar-refractivity contribution in [3.63, 3.8) is 0 Å². The van der Waals surface area contributed by atoms with Gasteiger partial charge in [-0.25, -0.2) is 0 Å². The zero-order chi connectivity index (χ0) is 11.4. The van der Waals surface area contributed by atoms with Crippen LogP contribution in [0.15, 0.2) is 24.3 Å². The number of benzene rings is 1. The standard InChI is InChI=1S/C14H18N2/c15-10-11-5-4-8-13(9-11)14(16)12-6-2-1-3-7-12/h4-5,8-9,12,14H,1-3,6-7,16H2/t14-/m0/s1. The molecule has 1 aromatic rings. The molecule has 0 spiro atoms. The van der Waals surface area contributed by atoms with E-state index in [1.807, 2.05) is 24.3 Å². The number of nitriles is 1. The molecule has 0 aliphatic heterocycles. The quantitative estimate of drug-likeness (QED) is 0.822. The maximum atomic E-state index is 8.86. The molecule has 0 aromatic heterocycles. The highest BCUT2D eigenvalue weighted by Gasteiger charge is 2.21. The molecule has 0 radical (unpaired) electrons. The number of nitrogens with zero attached hydrogens (tertiary/aromatic N) is 1. The fourth-order valence-electron chi connectivity index (χ4n) is 2.58. The van der Waals surface area contributed by atoms with Crippen molar-refractivity contribution in [2.75, 3.05) is 0 Å². The van der Waals surface area contributed by atoms with E-state index in [-0.39, 0.29) is 6.04 Å². The summed E-state index contributed by atoms with van der Waals surface area (Å²) in [5, 5.41) is 8.86. The zero-order valence-electron chi connectivity index (χ0n) is 9.52. The van der Waals surface area contributed by atoms with Crippen LogP contribution in [0.25, 0.3) is 0 Å². The first kappa shape index (κ1) is 11.2. The number of hydrogen-bond donors (Lipinski definition) is 1. The Hall–Kier alpha value is -1.33. The van der Waals surface area contributed by atoms with Crippen LogP contribution in [0.3, 0.4) is 0 Å². The Morgan fingerprint density at radius 2 is 2.00 bits per heavy atom. The van der Waals surface area contributed by atoms with E-state index in [4.69, 9.17) is 11.0 Å². The van der Waals surface area contributed by atoms with Gasteiger partial charge in [-0.1, -0.05) is 31.4 Å². The second-order valence-electron chi connectivity index (χ2n) is 4.66. The highest BCUT2D eigenvalue weighted by Crippen LogP contribution is 2.32. The minimum atomic E-state index is 0.105. The topological polar surface area (TPSA) is 49.8 Å². The van der Waals surface area contributed by atoms with Gasteiger partial charge in [0, 0.05) is 6.04 Å². The Morgan fingerprint density at radius 3 is 2.69 bits per heavy atom. The summed E-state index contributed by atoms with van der Waals surface area (Å²) in [5.41, 5.74) is 8.11. The van der Waals surface area contributed by atoms with Crippen LogP contribution >= 0.6 is 0 Å². The third kappa shape index (κ3) is 2.43. The fourth-order valence-corrected chi connectivity index (χ4v) is 2.58. The Kier molecular flexibility index (Phi) is 3.58. The minimum Gasteiger partial charge on any atom is -0.324 e. The summed E-state index contributed by atoms with van der Waals surface area (Å²) >= 11 is 0. The molecule has 16 heavy (non-hydrogen) atoms. The SMILES string of the molecule is N#Cc1cccc([C@@H](N)C2CCCCC2)c1. The van der Waals surface area contributed by atoms with Crippen molar-refractivity contribution in [1.29, 1.82) is 5.26 Å². The molecule has 0 unspecified atom stereocenters. The molecule has 1 saturated carbocycles. The smallest absolute Gasteiger partial charge is 0.0991 e. The van der Waals surface area contributed by atoms with Crippen LogP contribution < -0.4 is 5.73 Å². The average molecular weight is 214 g/mol. The highest BCUT2D eigenvalue weighted by molar-refractivity contribution is 5.34. The first-order valence-electron chi connectivity index (χ1n) is 6.07. The molecule has 1 aliphatic rings. The van der Waals surface area contributed by atoms with E-state index in [0.717, 1.165) is 5.56 Å². The van der Waals surface area contributed by atoms with Gasteiger partial charge in [0.15, 0.2) is 0 Å². The van der Waals surface area contributed by atoms with Crippen molar-refractivity contribution in [3.05, 3.63) is 35.4 Å². The second-order valence-corrected chi connectivity index (χ2v) is 4.66. The predicted molar refractivity (Wildman–Crippen MR) is 64.7 cm³/mol. The first-order valence-corrected chi connectivity index (χ1v) is 6.07. The zero-order valence-corrected chi connectivity index (χ0v) is 9.52. The third-order valence-electron chi connectivity index (χ3n) is 3.56. The van der Waals surface area contributed by atoms with E-state index in [1.54, 1.807) is 0 Å². The Morgan fingerprint density at radius 1 is 1.25 bits per heavy atom. The normalized spacial score (nSPS) is 19.0. The highest BCUT2D eigenvalue weighted by atomic mass is 14.7. The van der Waals surface area contributed by atoms with Gasteiger partial charge in [0.2, 0.25) is 0 Å². The molecule has 2 N–H and O–H groups in total. The Balaban J connectivity index is 2.13. The largest absolute Gasteiger partial charge is 0.324 e. The second kappa shape index (κ2) is 5.14. The van der Waals surface area contributed by atoms with E-state index in [1.165, 1.54) is 32.1 Å². The van der Waals surface area contributed by atoms with Gasteiger partial charge < -0.3 is 5.73 Å². The number of rotatable bonds is 2. The van der Waals surface area contributed by atoms with Gasteiger partial charge in [0.1, 0.15) is 0 Å². The molecule has 1 aromatic carbocycles. The summed E-state index contributed by atoms with van der Waals surface area (Å²) in [6, 6.07) is 10.0. The lowest BCUT2D eigenvalue weighted by Crippen LogP contribution is -2.23. The van der Waals surface area contributed by atoms with Crippen LogP contribution in [0.5, 0.6) is 0 Å². The van der Waals surface area contributed by atoms with Crippen LogP contribution in [0, 0.1) is 17.2 Å². The van der Waals surface area contributed by atoms with Gasteiger partial charge in [-0.2, -0.15) is 5.26 Å². The maximum absolute atomic E-state index is 8.86. The van der Waals surface area contributed by atoms with Gasteiger partial charge in [0.25, 0.3) is 0 Å². The number of hydrogen-bond acceptors (Lipinski definition) is 2. The van der Waals surface area contributed by atoms with E-state index in [9.17, 15) is 0 Å². The molecular formula is C14H18N2. The average Bonchev–Trinajstić information content (AvgIpc) is 2.39. The summed E-state index contributed by atoms with van der Waals surface area (Å²) in [4.78, 5) is 0. The molecule has 0 amide bonds. The molecule has 0 heterocycles. The van der Waals surface area contributed by atoms with Crippen LogP contribution in [0.1, 0.15) is 49.3 Å². The Labute approximate surface area is 97.1 Å².